The number of hydrogen-bond acceptors (Lipinski definition) is 4. The van der Waals surface area contributed by atoms with Crippen LogP contribution in [0.25, 0.3) is 0 Å². The first-order valence-electron chi connectivity index (χ1n) is 6.79. The second-order valence-electron chi connectivity index (χ2n) is 5.62. The molecular weight excluding hydrogens is 254 g/mol. The summed E-state index contributed by atoms with van der Waals surface area (Å²) in [6, 6.07) is 5.51. The first-order chi connectivity index (χ1) is 9.48. The number of rotatable bonds is 8. The monoisotopic (exact) mass is 277 g/mol. The van der Waals surface area contributed by atoms with Gasteiger partial charge in [-0.15, -0.1) is 0 Å². The van der Waals surface area contributed by atoms with E-state index in [9.17, 15) is 4.79 Å². The highest BCUT2D eigenvalue weighted by Gasteiger charge is 2.17. The normalized spacial score (nSPS) is 11.1. The number of ether oxygens (including phenoxy) is 1. The van der Waals surface area contributed by atoms with E-state index in [-0.39, 0.29) is 11.0 Å². The van der Waals surface area contributed by atoms with Gasteiger partial charge in [-0.2, -0.15) is 5.26 Å². The number of pyridine rings is 1. The van der Waals surface area contributed by atoms with Crippen LogP contribution in [0.1, 0.15) is 26.7 Å². The third-order valence-electron chi connectivity index (χ3n) is 3.20. The maximum atomic E-state index is 11.7. The summed E-state index contributed by atoms with van der Waals surface area (Å²) < 4.78 is 6.62. The quantitative estimate of drug-likeness (QED) is 0.791. The smallest absolute Gasteiger partial charge is 0.250 e. The number of methoxy groups -OCH3 is 1. The van der Waals surface area contributed by atoms with Crippen molar-refractivity contribution in [1.29, 1.82) is 5.26 Å². The van der Waals surface area contributed by atoms with E-state index in [0.29, 0.717) is 19.6 Å². The molecule has 5 heteroatoms. The Morgan fingerprint density at radius 2 is 2.20 bits per heavy atom. The van der Waals surface area contributed by atoms with Gasteiger partial charge in [0.1, 0.15) is 0 Å². The van der Waals surface area contributed by atoms with Crippen LogP contribution in [0.2, 0.25) is 0 Å². The number of aromatic nitrogens is 1. The van der Waals surface area contributed by atoms with Crippen LogP contribution in [-0.2, 0) is 11.3 Å². The Balaban J connectivity index is 2.64. The third kappa shape index (κ3) is 5.45. The molecule has 1 aromatic heterocycles. The summed E-state index contributed by atoms with van der Waals surface area (Å²) in [5, 5.41) is 12.0. The fourth-order valence-corrected chi connectivity index (χ4v) is 1.82. The molecule has 1 aromatic rings. The Morgan fingerprint density at radius 1 is 1.45 bits per heavy atom. The fourth-order valence-electron chi connectivity index (χ4n) is 1.82. The Labute approximate surface area is 120 Å². The van der Waals surface area contributed by atoms with E-state index in [1.54, 1.807) is 23.8 Å². The molecule has 0 amide bonds. The summed E-state index contributed by atoms with van der Waals surface area (Å²) in [7, 11) is 1.62. The first kappa shape index (κ1) is 16.3. The van der Waals surface area contributed by atoms with E-state index in [1.165, 1.54) is 0 Å². The zero-order chi connectivity index (χ0) is 15.0. The maximum Gasteiger partial charge on any atom is 0.250 e. The molecule has 0 aromatic carbocycles. The highest BCUT2D eigenvalue weighted by Crippen LogP contribution is 2.22. The summed E-state index contributed by atoms with van der Waals surface area (Å²) >= 11 is 0. The SMILES string of the molecule is COCCn1cc(NCC(C)(C)CCC#N)ccc1=O. The fraction of sp³-hybridized carbons (Fsp3) is 0.600. The van der Waals surface area contributed by atoms with Crippen molar-refractivity contribution >= 4 is 5.69 Å². The molecule has 1 heterocycles. The van der Waals surface area contributed by atoms with Crippen molar-refractivity contribution in [2.45, 2.75) is 33.2 Å². The molecule has 5 nitrogen and oxygen atoms in total. The lowest BCUT2D eigenvalue weighted by molar-refractivity contribution is 0.186. The standard InChI is InChI=1S/C15H23N3O2/c1-15(2,7-4-8-16)12-17-13-5-6-14(19)18(11-13)9-10-20-3/h5-6,11,17H,4,7,9-10,12H2,1-3H3. The molecule has 1 N–H and O–H groups in total. The number of anilines is 1. The minimum atomic E-state index is -0.0312. The molecule has 0 unspecified atom stereocenters. The van der Waals surface area contributed by atoms with Crippen molar-refractivity contribution in [2.24, 2.45) is 5.41 Å². The average molecular weight is 277 g/mol. The van der Waals surface area contributed by atoms with Crippen LogP contribution in [0, 0.1) is 16.7 Å². The summed E-state index contributed by atoms with van der Waals surface area (Å²) in [5.41, 5.74) is 0.922. The van der Waals surface area contributed by atoms with Crippen LogP contribution < -0.4 is 10.9 Å². The zero-order valence-corrected chi connectivity index (χ0v) is 12.5. The van der Waals surface area contributed by atoms with E-state index < -0.39 is 0 Å². The lowest BCUT2D eigenvalue weighted by Crippen LogP contribution is -2.25. The van der Waals surface area contributed by atoms with Gasteiger partial charge in [-0.1, -0.05) is 13.8 Å². The van der Waals surface area contributed by atoms with E-state index in [0.717, 1.165) is 18.7 Å². The van der Waals surface area contributed by atoms with Gasteiger partial charge in [0.15, 0.2) is 0 Å². The second-order valence-corrected chi connectivity index (χ2v) is 5.62. The zero-order valence-electron chi connectivity index (χ0n) is 12.5. The largest absolute Gasteiger partial charge is 0.383 e. The van der Waals surface area contributed by atoms with Gasteiger partial charge in [0, 0.05) is 38.9 Å². The molecule has 1 rings (SSSR count). The van der Waals surface area contributed by atoms with Crippen LogP contribution in [0.15, 0.2) is 23.1 Å². The maximum absolute atomic E-state index is 11.7. The number of nitrogens with one attached hydrogen (secondary N) is 1. The molecule has 0 aliphatic heterocycles. The molecule has 0 spiro atoms. The summed E-state index contributed by atoms with van der Waals surface area (Å²) in [4.78, 5) is 11.7. The minimum Gasteiger partial charge on any atom is -0.383 e. The van der Waals surface area contributed by atoms with E-state index in [2.05, 4.69) is 25.2 Å². The predicted octanol–water partition coefficient (Wildman–Crippen LogP) is 2.24. The molecule has 0 bridgehead atoms. The Kier molecular flexibility index (Phi) is 6.26. The summed E-state index contributed by atoms with van der Waals surface area (Å²) in [5.74, 6) is 0. The van der Waals surface area contributed by atoms with Gasteiger partial charge < -0.3 is 14.6 Å². The number of hydrogen-bond donors (Lipinski definition) is 1. The van der Waals surface area contributed by atoms with Gasteiger partial charge in [-0.05, 0) is 17.9 Å². The van der Waals surface area contributed by atoms with Crippen molar-refractivity contribution in [3.8, 4) is 6.07 Å². The van der Waals surface area contributed by atoms with Crippen molar-refractivity contribution < 1.29 is 4.74 Å². The Bertz CT molecular complexity index is 515. The second kappa shape index (κ2) is 7.71. The van der Waals surface area contributed by atoms with Crippen LogP contribution in [0.3, 0.4) is 0 Å². The molecule has 0 atom stereocenters. The molecule has 110 valence electrons. The van der Waals surface area contributed by atoms with E-state index >= 15 is 0 Å². The molecule has 0 aliphatic carbocycles. The molecule has 0 radical (unpaired) electrons. The van der Waals surface area contributed by atoms with Crippen molar-refractivity contribution in [3.05, 3.63) is 28.7 Å². The Hall–Kier alpha value is -1.80. The number of nitriles is 1. The van der Waals surface area contributed by atoms with Gasteiger partial charge in [0.25, 0.3) is 5.56 Å². The highest BCUT2D eigenvalue weighted by molar-refractivity contribution is 5.40. The van der Waals surface area contributed by atoms with Crippen molar-refractivity contribution in [2.75, 3.05) is 25.6 Å². The van der Waals surface area contributed by atoms with E-state index in [1.807, 2.05) is 6.20 Å². The van der Waals surface area contributed by atoms with Crippen molar-refractivity contribution in [3.63, 3.8) is 0 Å². The number of nitrogens with zero attached hydrogens (tertiary/aromatic N) is 2. The van der Waals surface area contributed by atoms with Gasteiger partial charge in [-0.25, -0.2) is 0 Å². The topological polar surface area (TPSA) is 67.0 Å². The lowest BCUT2D eigenvalue weighted by Gasteiger charge is -2.24. The van der Waals surface area contributed by atoms with Crippen LogP contribution >= 0.6 is 0 Å². The summed E-state index contributed by atoms with van der Waals surface area (Å²) in [6.45, 7) is 6.06. The minimum absolute atomic E-state index is 0.0312. The van der Waals surface area contributed by atoms with Gasteiger partial charge in [0.05, 0.1) is 18.4 Å². The highest BCUT2D eigenvalue weighted by atomic mass is 16.5. The lowest BCUT2D eigenvalue weighted by atomic mass is 9.88. The molecule has 0 fully saturated rings. The molecule has 0 saturated carbocycles. The molecule has 20 heavy (non-hydrogen) atoms. The first-order valence-corrected chi connectivity index (χ1v) is 6.79. The van der Waals surface area contributed by atoms with Crippen molar-refractivity contribution in [1.82, 2.24) is 4.57 Å². The third-order valence-corrected chi connectivity index (χ3v) is 3.20. The van der Waals surface area contributed by atoms with Crippen LogP contribution in [0.5, 0.6) is 0 Å². The van der Waals surface area contributed by atoms with Crippen LogP contribution in [-0.4, -0.2) is 24.8 Å². The van der Waals surface area contributed by atoms with Gasteiger partial charge in [0.2, 0.25) is 0 Å². The summed E-state index contributed by atoms with van der Waals surface area (Å²) in [6.07, 6.45) is 3.21. The van der Waals surface area contributed by atoms with Crippen LogP contribution in [0.4, 0.5) is 5.69 Å². The average Bonchev–Trinajstić information content (AvgIpc) is 2.43. The van der Waals surface area contributed by atoms with E-state index in [4.69, 9.17) is 10.00 Å². The molecular formula is C15H23N3O2. The molecule has 0 saturated heterocycles. The Morgan fingerprint density at radius 3 is 2.85 bits per heavy atom. The van der Waals surface area contributed by atoms with Gasteiger partial charge in [-0.3, -0.25) is 4.79 Å². The van der Waals surface area contributed by atoms with Gasteiger partial charge >= 0.3 is 0 Å². The predicted molar refractivity (Wildman–Crippen MR) is 79.7 cm³/mol. The molecule has 0 aliphatic rings.